The Labute approximate surface area is 145 Å². The lowest BCUT2D eigenvalue weighted by Gasteiger charge is -2.26. The van der Waals surface area contributed by atoms with E-state index in [0.717, 1.165) is 12.8 Å². The Balaban J connectivity index is 1.94. The van der Waals surface area contributed by atoms with Gasteiger partial charge in [0.1, 0.15) is 0 Å². The number of alkyl halides is 2. The highest BCUT2D eigenvalue weighted by atomic mass is 32.2. The molecule has 7 heteroatoms. The lowest BCUT2D eigenvalue weighted by molar-refractivity contribution is -0.130. The van der Waals surface area contributed by atoms with Gasteiger partial charge in [-0.15, -0.1) is 0 Å². The van der Waals surface area contributed by atoms with Gasteiger partial charge in [0.05, 0.1) is 5.92 Å². The van der Waals surface area contributed by atoms with Gasteiger partial charge in [0.25, 0.3) is 5.76 Å². The number of hydrogen-bond donors (Lipinski definition) is 1. The van der Waals surface area contributed by atoms with Crippen LogP contribution in [0.15, 0.2) is 29.2 Å². The van der Waals surface area contributed by atoms with Crippen LogP contribution in [0.2, 0.25) is 0 Å². The molecule has 2 amide bonds. The quantitative estimate of drug-likeness (QED) is 0.752. The molecule has 0 bridgehead atoms. The van der Waals surface area contributed by atoms with Gasteiger partial charge >= 0.3 is 0 Å². The minimum atomic E-state index is -2.47. The topological polar surface area (TPSA) is 49.4 Å². The summed E-state index contributed by atoms with van der Waals surface area (Å²) >= 11 is 0.463. The first-order chi connectivity index (χ1) is 11.4. The average molecular weight is 356 g/mol. The van der Waals surface area contributed by atoms with Crippen LogP contribution in [-0.2, 0) is 9.59 Å². The van der Waals surface area contributed by atoms with Crippen molar-refractivity contribution in [2.45, 2.75) is 49.8 Å². The number of amides is 2. The molecule has 0 aliphatic carbocycles. The maximum Gasteiger partial charge on any atom is 0.288 e. The second-order valence-electron chi connectivity index (χ2n) is 5.81. The second kappa shape index (κ2) is 8.46. The molecule has 2 rings (SSSR count). The minimum absolute atomic E-state index is 0.0209. The fraction of sp³-hybridized carbons (Fsp3) is 0.529. The second-order valence-corrected chi connectivity index (χ2v) is 6.87. The van der Waals surface area contributed by atoms with Crippen molar-refractivity contribution in [3.05, 3.63) is 24.3 Å². The summed E-state index contributed by atoms with van der Waals surface area (Å²) in [5.74, 6) is -3.02. The van der Waals surface area contributed by atoms with Crippen LogP contribution in [-0.4, -0.2) is 35.1 Å². The molecule has 24 heavy (non-hydrogen) atoms. The highest BCUT2D eigenvalue weighted by Crippen LogP contribution is 2.27. The van der Waals surface area contributed by atoms with Crippen molar-refractivity contribution in [1.82, 2.24) is 4.90 Å². The van der Waals surface area contributed by atoms with E-state index in [9.17, 15) is 18.4 Å². The molecule has 1 atom stereocenters. The number of halogens is 2. The van der Waals surface area contributed by atoms with Crippen LogP contribution in [0.3, 0.4) is 0 Å². The normalized spacial score (nSPS) is 17.8. The molecular formula is C17H22F2N2O2S. The Bertz CT molecular complexity index is 576. The monoisotopic (exact) mass is 356 g/mol. The molecule has 4 nitrogen and oxygen atoms in total. The van der Waals surface area contributed by atoms with Gasteiger partial charge in [0.2, 0.25) is 11.8 Å². The van der Waals surface area contributed by atoms with E-state index in [1.54, 1.807) is 29.2 Å². The van der Waals surface area contributed by atoms with E-state index in [-0.39, 0.29) is 30.2 Å². The van der Waals surface area contributed by atoms with Gasteiger partial charge in [-0.25, -0.2) is 0 Å². The SMILES string of the molecule is CCC(CC)N1CC(C(=O)Nc2ccc(SC(F)F)cc2)CC1=O. The summed E-state index contributed by atoms with van der Waals surface area (Å²) in [4.78, 5) is 26.7. The third kappa shape index (κ3) is 4.69. The van der Waals surface area contributed by atoms with Crippen LogP contribution in [0, 0.1) is 5.92 Å². The Morgan fingerprint density at radius 1 is 1.29 bits per heavy atom. The van der Waals surface area contributed by atoms with Crippen LogP contribution >= 0.6 is 11.8 Å². The summed E-state index contributed by atoms with van der Waals surface area (Å²) in [6, 6.07) is 6.46. The van der Waals surface area contributed by atoms with Gasteiger partial charge in [0.15, 0.2) is 0 Å². The Morgan fingerprint density at radius 2 is 1.92 bits per heavy atom. The van der Waals surface area contributed by atoms with E-state index in [4.69, 9.17) is 0 Å². The van der Waals surface area contributed by atoms with Crippen molar-refractivity contribution in [3.8, 4) is 0 Å². The number of thioether (sulfide) groups is 1. The number of hydrogen-bond acceptors (Lipinski definition) is 3. The predicted molar refractivity (Wildman–Crippen MR) is 91.1 cm³/mol. The van der Waals surface area contributed by atoms with E-state index in [1.165, 1.54) is 0 Å². The van der Waals surface area contributed by atoms with E-state index in [1.807, 2.05) is 13.8 Å². The largest absolute Gasteiger partial charge is 0.339 e. The maximum absolute atomic E-state index is 12.4. The lowest BCUT2D eigenvalue weighted by Crippen LogP contribution is -2.36. The Hall–Kier alpha value is -1.63. The molecule has 1 N–H and O–H groups in total. The van der Waals surface area contributed by atoms with E-state index in [2.05, 4.69) is 5.32 Å². The number of nitrogens with zero attached hydrogens (tertiary/aromatic N) is 1. The van der Waals surface area contributed by atoms with Crippen LogP contribution in [0.4, 0.5) is 14.5 Å². The highest BCUT2D eigenvalue weighted by molar-refractivity contribution is 7.99. The Kier molecular flexibility index (Phi) is 6.60. The number of benzene rings is 1. The summed E-state index contributed by atoms with van der Waals surface area (Å²) in [5.41, 5.74) is 0.548. The van der Waals surface area contributed by atoms with Crippen molar-refractivity contribution >= 4 is 29.3 Å². The standard InChI is InChI=1S/C17H22F2N2O2S/c1-3-13(4-2)21-10-11(9-15(21)22)16(23)20-12-5-7-14(8-6-12)24-17(18)19/h5-8,11,13,17H,3-4,9-10H2,1-2H3,(H,20,23). The summed E-state index contributed by atoms with van der Waals surface area (Å²) in [7, 11) is 0. The van der Waals surface area contributed by atoms with Gasteiger partial charge in [0, 0.05) is 29.6 Å². The van der Waals surface area contributed by atoms with Gasteiger partial charge in [-0.3, -0.25) is 9.59 Å². The van der Waals surface area contributed by atoms with Gasteiger partial charge in [-0.2, -0.15) is 8.78 Å². The fourth-order valence-corrected chi connectivity index (χ4v) is 3.45. The maximum atomic E-state index is 12.4. The summed E-state index contributed by atoms with van der Waals surface area (Å²) in [6.45, 7) is 4.51. The number of carbonyl (C=O) groups excluding carboxylic acids is 2. The van der Waals surface area contributed by atoms with Gasteiger partial charge in [-0.1, -0.05) is 25.6 Å². The minimum Gasteiger partial charge on any atom is -0.339 e. The molecule has 0 aromatic heterocycles. The predicted octanol–water partition coefficient (Wildman–Crippen LogP) is 3.98. The fourth-order valence-electron chi connectivity index (χ4n) is 2.95. The van der Waals surface area contributed by atoms with Crippen LogP contribution in [0.5, 0.6) is 0 Å². The number of anilines is 1. The number of nitrogens with one attached hydrogen (secondary N) is 1. The molecule has 0 radical (unpaired) electrons. The van der Waals surface area contributed by atoms with E-state index in [0.29, 0.717) is 28.9 Å². The molecule has 1 fully saturated rings. The van der Waals surface area contributed by atoms with Crippen molar-refractivity contribution in [2.24, 2.45) is 5.92 Å². The molecule has 1 aliphatic heterocycles. The summed E-state index contributed by atoms with van der Waals surface area (Å²) in [6.07, 6.45) is 1.97. The zero-order valence-corrected chi connectivity index (χ0v) is 14.6. The van der Waals surface area contributed by atoms with Crippen molar-refractivity contribution in [1.29, 1.82) is 0 Å². The summed E-state index contributed by atoms with van der Waals surface area (Å²) < 4.78 is 24.6. The zero-order chi connectivity index (χ0) is 17.7. The molecule has 1 unspecified atom stereocenters. The molecule has 1 aromatic carbocycles. The first-order valence-corrected chi connectivity index (χ1v) is 8.97. The number of likely N-dealkylation sites (tertiary alicyclic amines) is 1. The van der Waals surface area contributed by atoms with E-state index >= 15 is 0 Å². The molecule has 0 spiro atoms. The van der Waals surface area contributed by atoms with Crippen LogP contribution < -0.4 is 5.32 Å². The summed E-state index contributed by atoms with van der Waals surface area (Å²) in [5, 5.41) is 2.77. The van der Waals surface area contributed by atoms with Crippen LogP contribution in [0.25, 0.3) is 0 Å². The highest BCUT2D eigenvalue weighted by Gasteiger charge is 2.36. The first-order valence-electron chi connectivity index (χ1n) is 8.09. The first kappa shape index (κ1) is 18.7. The van der Waals surface area contributed by atoms with Gasteiger partial charge in [-0.05, 0) is 37.1 Å². The molecule has 1 aliphatic rings. The third-order valence-corrected chi connectivity index (χ3v) is 4.98. The smallest absolute Gasteiger partial charge is 0.288 e. The van der Waals surface area contributed by atoms with Crippen LogP contribution in [0.1, 0.15) is 33.1 Å². The molecule has 1 saturated heterocycles. The molecule has 132 valence electrons. The van der Waals surface area contributed by atoms with E-state index < -0.39 is 5.76 Å². The zero-order valence-electron chi connectivity index (χ0n) is 13.8. The van der Waals surface area contributed by atoms with Gasteiger partial charge < -0.3 is 10.2 Å². The molecule has 1 aromatic rings. The number of rotatable bonds is 7. The van der Waals surface area contributed by atoms with Crippen molar-refractivity contribution in [2.75, 3.05) is 11.9 Å². The molecular weight excluding hydrogens is 334 g/mol. The van der Waals surface area contributed by atoms with Crippen molar-refractivity contribution in [3.63, 3.8) is 0 Å². The average Bonchev–Trinajstić information content (AvgIpc) is 2.92. The molecule has 0 saturated carbocycles. The molecule has 1 heterocycles. The third-order valence-electron chi connectivity index (χ3n) is 4.26. The lowest BCUT2D eigenvalue weighted by atomic mass is 10.1. The Morgan fingerprint density at radius 3 is 2.46 bits per heavy atom. The number of carbonyl (C=O) groups is 2. The van der Waals surface area contributed by atoms with Crippen molar-refractivity contribution < 1.29 is 18.4 Å².